The smallest absolute Gasteiger partial charge is 0.267 e. The maximum absolute atomic E-state index is 11.4. The third-order valence-corrected chi connectivity index (χ3v) is 8.17. The molecule has 0 bridgehead atoms. The number of hydrogen-bond donors (Lipinski definition) is 8. The predicted octanol–water partition coefficient (Wildman–Crippen LogP) is 0.608. The van der Waals surface area contributed by atoms with E-state index in [1.807, 2.05) is 18.2 Å². The lowest BCUT2D eigenvalue weighted by Gasteiger charge is -2.40. The zero-order chi connectivity index (χ0) is 28.9. The average Bonchev–Trinajstić information content (AvgIpc) is 3.61. The SMILES string of the molecule is O=C(C=Cc1ccc2c(c1)CCC2N(CCN[C@@H]1O[C@H](CO)[C@@H](O)[C@H](O)[C@H]1O)CCc1c[nH]c2ccccc12)NO. The van der Waals surface area contributed by atoms with Crippen LogP contribution in [0, 0.1) is 0 Å². The summed E-state index contributed by atoms with van der Waals surface area (Å²) in [4.78, 5) is 17.1. The van der Waals surface area contributed by atoms with Crippen LogP contribution < -0.4 is 10.8 Å². The Bertz CT molecular complexity index is 1360. The fraction of sp³-hybridized carbons (Fsp3) is 0.433. The van der Waals surface area contributed by atoms with E-state index in [0.29, 0.717) is 13.1 Å². The zero-order valence-electron chi connectivity index (χ0n) is 22.7. The van der Waals surface area contributed by atoms with Gasteiger partial charge in [0, 0.05) is 48.9 Å². The highest BCUT2D eigenvalue weighted by atomic mass is 16.6. The summed E-state index contributed by atoms with van der Waals surface area (Å²) in [5, 5.41) is 53.3. The third kappa shape index (κ3) is 6.53. The summed E-state index contributed by atoms with van der Waals surface area (Å²) in [6, 6.07) is 14.5. The van der Waals surface area contributed by atoms with E-state index < -0.39 is 43.2 Å². The third-order valence-electron chi connectivity index (χ3n) is 8.17. The number of ether oxygens (including phenoxy) is 1. The van der Waals surface area contributed by atoms with Gasteiger partial charge in [-0.15, -0.1) is 0 Å². The number of fused-ring (bicyclic) bond motifs is 2. The summed E-state index contributed by atoms with van der Waals surface area (Å²) in [7, 11) is 0. The standard InChI is InChI=1S/C30H38N4O7/c35-17-25-27(37)28(38)29(39)30(41-25)31-12-14-34(13-11-20-16-32-23-4-2-1-3-21(20)23)24-9-7-19-15-18(5-8-22(19)24)6-10-26(36)33-40/h1-6,8,10,15-16,24-25,27-32,35,37-40H,7,9,11-14,17H2,(H,33,36)/t24?,25-,27-,28+,29-,30-/m1/s1. The van der Waals surface area contributed by atoms with Crippen LogP contribution in [0.2, 0.25) is 0 Å². The Balaban J connectivity index is 1.31. The van der Waals surface area contributed by atoms with Gasteiger partial charge in [-0.25, -0.2) is 5.48 Å². The number of nitrogens with zero attached hydrogens (tertiary/aromatic N) is 1. The maximum atomic E-state index is 11.4. The van der Waals surface area contributed by atoms with E-state index in [1.54, 1.807) is 11.6 Å². The van der Waals surface area contributed by atoms with Crippen molar-refractivity contribution in [1.29, 1.82) is 0 Å². The highest BCUT2D eigenvalue weighted by Crippen LogP contribution is 2.36. The highest BCUT2D eigenvalue weighted by Gasteiger charge is 2.43. The van der Waals surface area contributed by atoms with Crippen LogP contribution in [-0.2, 0) is 22.4 Å². The Morgan fingerprint density at radius 3 is 2.73 bits per heavy atom. The van der Waals surface area contributed by atoms with Gasteiger partial charge in [0.25, 0.3) is 5.91 Å². The second-order valence-corrected chi connectivity index (χ2v) is 10.7. The number of aliphatic hydroxyl groups excluding tert-OH is 4. The molecule has 6 atom stereocenters. The topological polar surface area (TPSA) is 171 Å². The van der Waals surface area contributed by atoms with Crippen LogP contribution in [0.5, 0.6) is 0 Å². The molecule has 0 saturated carbocycles. The van der Waals surface area contributed by atoms with Crippen LogP contribution in [0.4, 0.5) is 0 Å². The molecular formula is C30H38N4O7. The van der Waals surface area contributed by atoms with Gasteiger partial charge < -0.3 is 30.1 Å². The average molecular weight is 567 g/mol. The fourth-order valence-electron chi connectivity index (χ4n) is 5.95. The minimum Gasteiger partial charge on any atom is -0.394 e. The van der Waals surface area contributed by atoms with Crippen LogP contribution in [0.1, 0.15) is 34.7 Å². The number of para-hydroxylation sites is 1. The van der Waals surface area contributed by atoms with Crippen molar-refractivity contribution in [1.82, 2.24) is 20.7 Å². The molecule has 5 rings (SSSR count). The number of benzene rings is 2. The first-order chi connectivity index (χ1) is 19.9. The Labute approximate surface area is 238 Å². The molecule has 1 saturated heterocycles. The molecule has 2 aromatic carbocycles. The van der Waals surface area contributed by atoms with E-state index in [1.165, 1.54) is 28.2 Å². The number of carbonyl (C=O) groups is 1. The number of aromatic nitrogens is 1. The van der Waals surface area contributed by atoms with Gasteiger partial charge in [-0.3, -0.25) is 20.2 Å². The van der Waals surface area contributed by atoms with Gasteiger partial charge in [0.05, 0.1) is 6.61 Å². The zero-order valence-corrected chi connectivity index (χ0v) is 22.7. The first-order valence-electron chi connectivity index (χ1n) is 14.0. The molecule has 8 N–H and O–H groups in total. The van der Waals surface area contributed by atoms with E-state index in [9.17, 15) is 25.2 Å². The van der Waals surface area contributed by atoms with E-state index >= 15 is 0 Å². The molecule has 41 heavy (non-hydrogen) atoms. The Morgan fingerprint density at radius 1 is 1.10 bits per heavy atom. The number of carbonyl (C=O) groups excluding carboxylic acids is 1. The molecule has 0 radical (unpaired) electrons. The van der Waals surface area contributed by atoms with E-state index in [0.717, 1.165) is 36.9 Å². The molecule has 1 aromatic heterocycles. The number of aryl methyl sites for hydroxylation is 1. The number of aromatic amines is 1. The lowest BCUT2D eigenvalue weighted by Crippen LogP contribution is -2.62. The fourth-order valence-corrected chi connectivity index (χ4v) is 5.95. The van der Waals surface area contributed by atoms with Gasteiger partial charge in [0.2, 0.25) is 0 Å². The van der Waals surface area contributed by atoms with Crippen LogP contribution in [-0.4, -0.2) is 98.3 Å². The number of hydrogen-bond acceptors (Lipinski definition) is 9. The van der Waals surface area contributed by atoms with Crippen LogP contribution >= 0.6 is 0 Å². The van der Waals surface area contributed by atoms with Crippen LogP contribution in [0.25, 0.3) is 17.0 Å². The molecule has 220 valence electrons. The molecule has 3 aromatic rings. The largest absolute Gasteiger partial charge is 0.394 e. The molecular weight excluding hydrogens is 528 g/mol. The minimum atomic E-state index is -1.43. The van der Waals surface area contributed by atoms with Crippen molar-refractivity contribution >= 4 is 22.9 Å². The Hall–Kier alpha value is -3.13. The number of H-pyrrole nitrogens is 1. The van der Waals surface area contributed by atoms with Crippen LogP contribution in [0.3, 0.4) is 0 Å². The summed E-state index contributed by atoms with van der Waals surface area (Å²) < 4.78 is 5.63. The summed E-state index contributed by atoms with van der Waals surface area (Å²) in [5.41, 5.74) is 7.23. The second-order valence-electron chi connectivity index (χ2n) is 10.7. The molecule has 11 nitrogen and oxygen atoms in total. The number of hydroxylamine groups is 1. The summed E-state index contributed by atoms with van der Waals surface area (Å²) in [6.45, 7) is 1.38. The molecule has 1 unspecified atom stereocenters. The monoisotopic (exact) mass is 566 g/mol. The number of rotatable bonds is 11. The second kappa shape index (κ2) is 13.2. The Kier molecular flexibility index (Phi) is 9.48. The van der Waals surface area contributed by atoms with Crippen molar-refractivity contribution in [3.63, 3.8) is 0 Å². The van der Waals surface area contributed by atoms with Gasteiger partial charge >= 0.3 is 0 Å². The van der Waals surface area contributed by atoms with Crippen molar-refractivity contribution in [2.75, 3.05) is 26.2 Å². The van der Waals surface area contributed by atoms with Crippen molar-refractivity contribution in [2.45, 2.75) is 55.9 Å². The lowest BCUT2D eigenvalue weighted by atomic mass is 9.98. The normalized spacial score (nSPS) is 26.2. The van der Waals surface area contributed by atoms with Gasteiger partial charge in [-0.05, 0) is 53.7 Å². The molecule has 1 aliphatic carbocycles. The molecule has 0 spiro atoms. The molecule has 1 fully saturated rings. The number of aliphatic hydroxyl groups is 4. The van der Waals surface area contributed by atoms with Crippen molar-refractivity contribution < 1.29 is 35.2 Å². The maximum Gasteiger partial charge on any atom is 0.267 e. The van der Waals surface area contributed by atoms with Crippen molar-refractivity contribution in [2.24, 2.45) is 0 Å². The Morgan fingerprint density at radius 2 is 1.93 bits per heavy atom. The molecule has 1 amide bonds. The van der Waals surface area contributed by atoms with E-state index in [-0.39, 0.29) is 6.04 Å². The van der Waals surface area contributed by atoms with E-state index in [4.69, 9.17) is 9.94 Å². The van der Waals surface area contributed by atoms with E-state index in [2.05, 4.69) is 45.7 Å². The van der Waals surface area contributed by atoms with Crippen molar-refractivity contribution in [3.05, 3.63) is 77.0 Å². The summed E-state index contributed by atoms with van der Waals surface area (Å²) >= 11 is 0. The predicted molar refractivity (Wildman–Crippen MR) is 152 cm³/mol. The quantitative estimate of drug-likeness (QED) is 0.0941. The number of amides is 1. The lowest BCUT2D eigenvalue weighted by molar-refractivity contribution is -0.236. The minimum absolute atomic E-state index is 0.158. The highest BCUT2D eigenvalue weighted by molar-refractivity contribution is 5.90. The first kappa shape index (κ1) is 29.4. The van der Waals surface area contributed by atoms with Gasteiger partial charge in [-0.1, -0.05) is 36.4 Å². The van der Waals surface area contributed by atoms with Gasteiger partial charge in [-0.2, -0.15) is 0 Å². The first-order valence-corrected chi connectivity index (χ1v) is 14.0. The molecule has 1 aliphatic heterocycles. The summed E-state index contributed by atoms with van der Waals surface area (Å²) in [5.74, 6) is -0.585. The van der Waals surface area contributed by atoms with Gasteiger partial charge in [0.1, 0.15) is 30.6 Å². The van der Waals surface area contributed by atoms with Crippen LogP contribution in [0.15, 0.2) is 54.7 Å². The molecule has 11 heteroatoms. The number of nitrogens with one attached hydrogen (secondary N) is 3. The van der Waals surface area contributed by atoms with Gasteiger partial charge in [0.15, 0.2) is 0 Å². The molecule has 2 aliphatic rings. The van der Waals surface area contributed by atoms with Crippen molar-refractivity contribution in [3.8, 4) is 0 Å². The molecule has 2 heterocycles. The summed E-state index contributed by atoms with van der Waals surface area (Å²) in [6.07, 6.45) is 1.60.